The lowest BCUT2D eigenvalue weighted by Crippen LogP contribution is -1.93. The van der Waals surface area contributed by atoms with Gasteiger partial charge in [0.05, 0.1) is 6.21 Å². The maximum Gasteiger partial charge on any atom is 0.145 e. The van der Waals surface area contributed by atoms with Crippen molar-refractivity contribution in [1.29, 1.82) is 0 Å². The highest BCUT2D eigenvalue weighted by atomic mass is 35.5. The second-order valence-corrected chi connectivity index (χ2v) is 4.24. The Labute approximate surface area is 114 Å². The van der Waals surface area contributed by atoms with Gasteiger partial charge >= 0.3 is 0 Å². The fourth-order valence-corrected chi connectivity index (χ4v) is 1.63. The van der Waals surface area contributed by atoms with Crippen LogP contribution in [-0.4, -0.2) is 6.21 Å². The number of benzene rings is 2. The van der Waals surface area contributed by atoms with Gasteiger partial charge in [-0.1, -0.05) is 28.9 Å². The number of oxime groups is 1. The molecule has 0 unspecified atom stereocenters. The lowest BCUT2D eigenvalue weighted by atomic mass is 10.2. The van der Waals surface area contributed by atoms with Gasteiger partial charge in [0.2, 0.25) is 0 Å². The van der Waals surface area contributed by atoms with Gasteiger partial charge in [-0.15, -0.1) is 0 Å². The molecule has 0 aliphatic heterocycles. The van der Waals surface area contributed by atoms with Crippen molar-refractivity contribution >= 4 is 17.8 Å². The molecule has 0 saturated carbocycles. The topological polar surface area (TPSA) is 21.6 Å². The zero-order valence-corrected chi connectivity index (χ0v) is 10.6. The van der Waals surface area contributed by atoms with Crippen molar-refractivity contribution in [1.82, 2.24) is 0 Å². The third kappa shape index (κ3) is 4.03. The lowest BCUT2D eigenvalue weighted by molar-refractivity contribution is 0.129. The quantitative estimate of drug-likeness (QED) is 0.609. The maximum atomic E-state index is 13.3. The van der Waals surface area contributed by atoms with Gasteiger partial charge in [-0.05, 0) is 29.8 Å². The molecule has 0 heterocycles. The molecule has 2 rings (SSSR count). The molecule has 2 nitrogen and oxygen atoms in total. The highest BCUT2D eigenvalue weighted by molar-refractivity contribution is 6.30. The molecule has 0 aliphatic rings. The standard InChI is InChI=1S/C14H10ClF2NO/c15-12-3-1-2-10(6-12)8-18-19-9-11-4-5-13(16)7-14(11)17/h1-8H,9H2. The van der Waals surface area contributed by atoms with Crippen LogP contribution in [0.5, 0.6) is 0 Å². The molecule has 0 N–H and O–H groups in total. The van der Waals surface area contributed by atoms with Crippen LogP contribution in [0, 0.1) is 11.6 Å². The van der Waals surface area contributed by atoms with Crippen LogP contribution >= 0.6 is 11.6 Å². The summed E-state index contributed by atoms with van der Waals surface area (Å²) in [5.74, 6) is -1.28. The second kappa shape index (κ2) is 6.29. The van der Waals surface area contributed by atoms with E-state index in [0.29, 0.717) is 5.02 Å². The fourth-order valence-electron chi connectivity index (χ4n) is 1.43. The molecule has 98 valence electrons. The fraction of sp³-hybridized carbons (Fsp3) is 0.0714. The molecule has 0 spiro atoms. The molecule has 0 bridgehead atoms. The van der Waals surface area contributed by atoms with Crippen LogP contribution in [-0.2, 0) is 11.4 Å². The van der Waals surface area contributed by atoms with Crippen molar-refractivity contribution in [2.24, 2.45) is 5.16 Å². The van der Waals surface area contributed by atoms with E-state index in [2.05, 4.69) is 5.16 Å². The third-order valence-electron chi connectivity index (χ3n) is 2.36. The first-order valence-electron chi connectivity index (χ1n) is 5.50. The zero-order valence-electron chi connectivity index (χ0n) is 9.82. The number of hydrogen-bond acceptors (Lipinski definition) is 2. The average Bonchev–Trinajstić information content (AvgIpc) is 2.37. The zero-order chi connectivity index (χ0) is 13.7. The molecule has 0 aromatic heterocycles. The smallest absolute Gasteiger partial charge is 0.145 e. The molecule has 0 saturated heterocycles. The number of nitrogens with zero attached hydrogens (tertiary/aromatic N) is 1. The number of hydrogen-bond donors (Lipinski definition) is 0. The van der Waals surface area contributed by atoms with Crippen LogP contribution < -0.4 is 0 Å². The summed E-state index contributed by atoms with van der Waals surface area (Å²) in [7, 11) is 0. The summed E-state index contributed by atoms with van der Waals surface area (Å²) in [6.07, 6.45) is 1.47. The predicted octanol–water partition coefficient (Wildman–Crippen LogP) is 4.17. The van der Waals surface area contributed by atoms with Crippen molar-refractivity contribution in [3.8, 4) is 0 Å². The summed E-state index contributed by atoms with van der Waals surface area (Å²) in [5, 5.41) is 4.29. The van der Waals surface area contributed by atoms with Crippen LogP contribution in [0.3, 0.4) is 0 Å². The minimum Gasteiger partial charge on any atom is -0.391 e. The van der Waals surface area contributed by atoms with E-state index in [1.54, 1.807) is 24.3 Å². The minimum absolute atomic E-state index is 0.0663. The average molecular weight is 282 g/mol. The van der Waals surface area contributed by atoms with Crippen molar-refractivity contribution in [3.63, 3.8) is 0 Å². The van der Waals surface area contributed by atoms with Gasteiger partial charge in [0, 0.05) is 16.7 Å². The van der Waals surface area contributed by atoms with Gasteiger partial charge < -0.3 is 4.84 Å². The molecule has 5 heteroatoms. The first-order valence-corrected chi connectivity index (χ1v) is 5.88. The lowest BCUT2D eigenvalue weighted by Gasteiger charge is -2.01. The van der Waals surface area contributed by atoms with Crippen molar-refractivity contribution in [2.45, 2.75) is 6.61 Å². The predicted molar refractivity (Wildman–Crippen MR) is 70.2 cm³/mol. The number of halogens is 3. The van der Waals surface area contributed by atoms with E-state index in [0.717, 1.165) is 11.6 Å². The van der Waals surface area contributed by atoms with E-state index < -0.39 is 11.6 Å². The van der Waals surface area contributed by atoms with Crippen molar-refractivity contribution in [3.05, 3.63) is 70.2 Å². The van der Waals surface area contributed by atoms with E-state index in [1.807, 2.05) is 0 Å². The Morgan fingerprint density at radius 1 is 1.16 bits per heavy atom. The summed E-state index contributed by atoms with van der Waals surface area (Å²) in [6.45, 7) is -0.0663. The minimum atomic E-state index is -0.655. The SMILES string of the molecule is Fc1ccc(CON=Cc2cccc(Cl)c2)c(F)c1. The summed E-state index contributed by atoms with van der Waals surface area (Å²) in [5.41, 5.74) is 1.01. The van der Waals surface area contributed by atoms with Crippen molar-refractivity contribution in [2.75, 3.05) is 0 Å². The highest BCUT2D eigenvalue weighted by Gasteiger charge is 2.03. The van der Waals surface area contributed by atoms with Gasteiger partial charge in [-0.25, -0.2) is 8.78 Å². The van der Waals surface area contributed by atoms with Gasteiger partial charge in [0.25, 0.3) is 0 Å². The molecule has 0 radical (unpaired) electrons. The molecular weight excluding hydrogens is 272 g/mol. The van der Waals surface area contributed by atoms with E-state index in [-0.39, 0.29) is 12.2 Å². The highest BCUT2D eigenvalue weighted by Crippen LogP contribution is 2.11. The molecule has 19 heavy (non-hydrogen) atoms. The van der Waals surface area contributed by atoms with Gasteiger partial charge in [0.15, 0.2) is 0 Å². The van der Waals surface area contributed by atoms with E-state index in [4.69, 9.17) is 16.4 Å². The van der Waals surface area contributed by atoms with Crippen LogP contribution in [0.15, 0.2) is 47.6 Å². The maximum absolute atomic E-state index is 13.3. The summed E-state index contributed by atoms with van der Waals surface area (Å²) >= 11 is 5.80. The Morgan fingerprint density at radius 3 is 2.74 bits per heavy atom. The van der Waals surface area contributed by atoms with Gasteiger partial charge in [-0.3, -0.25) is 0 Å². The Kier molecular flexibility index (Phi) is 4.47. The Hall–Kier alpha value is -1.94. The molecule has 2 aromatic carbocycles. The molecule has 2 aromatic rings. The van der Waals surface area contributed by atoms with Crippen molar-refractivity contribution < 1.29 is 13.6 Å². The van der Waals surface area contributed by atoms with Gasteiger partial charge in [0.1, 0.15) is 18.2 Å². The third-order valence-corrected chi connectivity index (χ3v) is 2.60. The first kappa shape index (κ1) is 13.5. The Balaban J connectivity index is 1.93. The monoisotopic (exact) mass is 281 g/mol. The van der Waals surface area contributed by atoms with Crippen LogP contribution in [0.1, 0.15) is 11.1 Å². The van der Waals surface area contributed by atoms with Crippen LogP contribution in [0.2, 0.25) is 5.02 Å². The van der Waals surface area contributed by atoms with E-state index >= 15 is 0 Å². The van der Waals surface area contributed by atoms with E-state index in [9.17, 15) is 8.78 Å². The second-order valence-electron chi connectivity index (χ2n) is 3.80. The molecule has 0 amide bonds. The van der Waals surface area contributed by atoms with Crippen LogP contribution in [0.25, 0.3) is 0 Å². The van der Waals surface area contributed by atoms with E-state index in [1.165, 1.54) is 18.3 Å². The largest absolute Gasteiger partial charge is 0.391 e. The van der Waals surface area contributed by atoms with Crippen LogP contribution in [0.4, 0.5) is 8.78 Å². The number of rotatable bonds is 4. The summed E-state index contributed by atoms with van der Waals surface area (Å²) in [6, 6.07) is 10.3. The summed E-state index contributed by atoms with van der Waals surface area (Å²) < 4.78 is 25.9. The molecule has 0 fully saturated rings. The first-order chi connectivity index (χ1) is 9.15. The Morgan fingerprint density at radius 2 is 2.00 bits per heavy atom. The molecule has 0 aliphatic carbocycles. The molecular formula is C14H10ClF2NO. The Bertz CT molecular complexity index is 602. The molecule has 0 atom stereocenters. The van der Waals surface area contributed by atoms with Gasteiger partial charge in [-0.2, -0.15) is 0 Å². The summed E-state index contributed by atoms with van der Waals surface area (Å²) in [4.78, 5) is 4.95. The normalized spacial score (nSPS) is 10.9.